The maximum atomic E-state index is 2.29. The van der Waals surface area contributed by atoms with Crippen molar-refractivity contribution >= 4 is 0 Å². The van der Waals surface area contributed by atoms with Crippen LogP contribution in [0.4, 0.5) is 0 Å². The predicted molar refractivity (Wildman–Crippen MR) is 59.0 cm³/mol. The quantitative estimate of drug-likeness (QED) is 0.625. The molecule has 1 aromatic carbocycles. The maximum absolute atomic E-state index is 2.29. The molecule has 0 aromatic heterocycles. The van der Waals surface area contributed by atoms with Crippen molar-refractivity contribution in [3.63, 3.8) is 0 Å². The molecule has 0 N–H and O–H groups in total. The summed E-state index contributed by atoms with van der Waals surface area (Å²) in [5.41, 5.74) is 1.51. The van der Waals surface area contributed by atoms with Gasteiger partial charge in [-0.05, 0) is 24.3 Å². The van der Waals surface area contributed by atoms with Crippen LogP contribution in [0.25, 0.3) is 0 Å². The Labute approximate surface area is 82.0 Å². The molecular weight excluding hydrogens is 156 g/mol. The van der Waals surface area contributed by atoms with Crippen molar-refractivity contribution in [3.05, 3.63) is 35.9 Å². The molecule has 13 heavy (non-hydrogen) atoms. The van der Waals surface area contributed by atoms with Crippen LogP contribution in [-0.4, -0.2) is 0 Å². The second-order valence-electron chi connectivity index (χ2n) is 3.66. The van der Waals surface area contributed by atoms with Crippen LogP contribution in [0.2, 0.25) is 0 Å². The third kappa shape index (κ3) is 3.22. The Bertz CT molecular complexity index is 213. The molecule has 0 spiro atoms. The Morgan fingerprint density at radius 3 is 2.31 bits per heavy atom. The Hall–Kier alpha value is -0.780. The minimum Gasteiger partial charge on any atom is -0.0654 e. The second-order valence-corrected chi connectivity index (χ2v) is 3.66. The van der Waals surface area contributed by atoms with E-state index in [9.17, 15) is 0 Å². The van der Waals surface area contributed by atoms with Gasteiger partial charge in [-0.25, -0.2) is 0 Å². The summed E-state index contributed by atoms with van der Waals surface area (Å²) in [6.07, 6.45) is 5.28. The molecule has 0 amide bonds. The number of unbranched alkanes of at least 4 members (excludes halogenated alkanes) is 1. The summed E-state index contributed by atoms with van der Waals surface area (Å²) < 4.78 is 0. The normalized spacial score (nSPS) is 12.8. The van der Waals surface area contributed by atoms with Crippen LogP contribution in [0.3, 0.4) is 0 Å². The van der Waals surface area contributed by atoms with Crippen LogP contribution in [0.15, 0.2) is 30.3 Å². The van der Waals surface area contributed by atoms with Crippen LogP contribution in [-0.2, 0) is 0 Å². The summed E-state index contributed by atoms with van der Waals surface area (Å²) in [7, 11) is 0. The molecule has 0 aliphatic rings. The van der Waals surface area contributed by atoms with Gasteiger partial charge >= 0.3 is 0 Å². The van der Waals surface area contributed by atoms with E-state index in [-0.39, 0.29) is 0 Å². The molecule has 0 saturated heterocycles. The second kappa shape index (κ2) is 5.80. The molecule has 1 rings (SSSR count). The van der Waals surface area contributed by atoms with Gasteiger partial charge in [-0.1, -0.05) is 57.0 Å². The maximum Gasteiger partial charge on any atom is -0.0165 e. The highest BCUT2D eigenvalue weighted by molar-refractivity contribution is 5.19. The van der Waals surface area contributed by atoms with Gasteiger partial charge in [0, 0.05) is 0 Å². The fourth-order valence-electron chi connectivity index (χ4n) is 1.78. The van der Waals surface area contributed by atoms with Crippen molar-refractivity contribution in [1.29, 1.82) is 0 Å². The van der Waals surface area contributed by atoms with E-state index in [1.807, 2.05) is 0 Å². The lowest BCUT2D eigenvalue weighted by atomic mass is 9.91. The van der Waals surface area contributed by atoms with Gasteiger partial charge in [0.05, 0.1) is 0 Å². The highest BCUT2D eigenvalue weighted by atomic mass is 14.1. The molecule has 0 radical (unpaired) electrons. The lowest BCUT2D eigenvalue weighted by Gasteiger charge is -2.14. The van der Waals surface area contributed by atoms with Gasteiger partial charge in [-0.3, -0.25) is 0 Å². The Morgan fingerprint density at radius 2 is 1.77 bits per heavy atom. The number of hydrogen-bond acceptors (Lipinski definition) is 0. The van der Waals surface area contributed by atoms with E-state index >= 15 is 0 Å². The van der Waals surface area contributed by atoms with E-state index in [2.05, 4.69) is 44.2 Å². The molecule has 0 fully saturated rings. The van der Waals surface area contributed by atoms with Gasteiger partial charge in [0.2, 0.25) is 0 Å². The molecule has 0 heteroatoms. The van der Waals surface area contributed by atoms with Gasteiger partial charge in [-0.15, -0.1) is 0 Å². The summed E-state index contributed by atoms with van der Waals surface area (Å²) in [6.45, 7) is 4.55. The smallest absolute Gasteiger partial charge is 0.0165 e. The highest BCUT2D eigenvalue weighted by Crippen LogP contribution is 2.24. The molecule has 0 aliphatic carbocycles. The van der Waals surface area contributed by atoms with Crippen LogP contribution >= 0.6 is 0 Å². The molecule has 0 saturated carbocycles. The molecule has 0 aliphatic heterocycles. The predicted octanol–water partition coefficient (Wildman–Crippen LogP) is 4.37. The van der Waals surface area contributed by atoms with Crippen molar-refractivity contribution in [2.24, 2.45) is 0 Å². The summed E-state index contributed by atoms with van der Waals surface area (Å²) >= 11 is 0. The van der Waals surface area contributed by atoms with Crippen molar-refractivity contribution in [2.75, 3.05) is 0 Å². The molecule has 1 atom stereocenters. The van der Waals surface area contributed by atoms with Gasteiger partial charge in [-0.2, -0.15) is 0 Å². The molecule has 0 unspecified atom stereocenters. The van der Waals surface area contributed by atoms with E-state index < -0.39 is 0 Å². The summed E-state index contributed by atoms with van der Waals surface area (Å²) in [5.74, 6) is 0.779. The zero-order chi connectivity index (χ0) is 9.52. The van der Waals surface area contributed by atoms with Crippen molar-refractivity contribution < 1.29 is 0 Å². The first-order chi connectivity index (χ1) is 6.38. The highest BCUT2D eigenvalue weighted by Gasteiger charge is 2.06. The molecule has 0 heterocycles. The van der Waals surface area contributed by atoms with Crippen molar-refractivity contribution in [3.8, 4) is 0 Å². The zero-order valence-corrected chi connectivity index (χ0v) is 8.79. The van der Waals surface area contributed by atoms with Gasteiger partial charge < -0.3 is 0 Å². The van der Waals surface area contributed by atoms with Crippen LogP contribution in [0.1, 0.15) is 51.0 Å². The molecule has 0 nitrogen and oxygen atoms in total. The zero-order valence-electron chi connectivity index (χ0n) is 8.79. The van der Waals surface area contributed by atoms with Gasteiger partial charge in [0.15, 0.2) is 0 Å². The van der Waals surface area contributed by atoms with Gasteiger partial charge in [0.1, 0.15) is 0 Å². The minimum absolute atomic E-state index is 0.779. The minimum atomic E-state index is 0.779. The standard InChI is InChI=1S/C13H20/c1-3-5-9-12(4-2)13-10-7-6-8-11-13/h6-8,10-12H,3-5,9H2,1-2H3/t12-/m0/s1. The van der Waals surface area contributed by atoms with Gasteiger partial charge in [0.25, 0.3) is 0 Å². The monoisotopic (exact) mass is 176 g/mol. The average molecular weight is 176 g/mol. The first-order valence-corrected chi connectivity index (χ1v) is 5.43. The van der Waals surface area contributed by atoms with Crippen LogP contribution < -0.4 is 0 Å². The topological polar surface area (TPSA) is 0 Å². The molecule has 1 aromatic rings. The first-order valence-electron chi connectivity index (χ1n) is 5.43. The lowest BCUT2D eigenvalue weighted by Crippen LogP contribution is -1.96. The fraction of sp³-hybridized carbons (Fsp3) is 0.538. The summed E-state index contributed by atoms with van der Waals surface area (Å²) in [6, 6.07) is 10.9. The van der Waals surface area contributed by atoms with Crippen LogP contribution in [0.5, 0.6) is 0 Å². The van der Waals surface area contributed by atoms with E-state index in [0.717, 1.165) is 5.92 Å². The summed E-state index contributed by atoms with van der Waals surface area (Å²) in [4.78, 5) is 0. The van der Waals surface area contributed by atoms with Crippen molar-refractivity contribution in [1.82, 2.24) is 0 Å². The number of rotatable bonds is 5. The van der Waals surface area contributed by atoms with E-state index in [1.54, 1.807) is 0 Å². The Kier molecular flexibility index (Phi) is 4.59. The molecule has 0 bridgehead atoms. The average Bonchev–Trinajstić information content (AvgIpc) is 2.21. The number of hydrogen-bond donors (Lipinski definition) is 0. The summed E-state index contributed by atoms with van der Waals surface area (Å²) in [5, 5.41) is 0. The van der Waals surface area contributed by atoms with Crippen molar-refractivity contribution in [2.45, 2.75) is 45.4 Å². The fourth-order valence-corrected chi connectivity index (χ4v) is 1.78. The third-order valence-corrected chi connectivity index (χ3v) is 2.67. The number of benzene rings is 1. The molecular formula is C13H20. The van der Waals surface area contributed by atoms with Crippen LogP contribution in [0, 0.1) is 0 Å². The van der Waals surface area contributed by atoms with E-state index in [4.69, 9.17) is 0 Å². The largest absolute Gasteiger partial charge is 0.0654 e. The van der Waals surface area contributed by atoms with E-state index in [1.165, 1.54) is 31.2 Å². The SMILES string of the molecule is CCCC[C@H](CC)c1ccccc1. The first kappa shape index (κ1) is 10.3. The Balaban J connectivity index is 2.56. The lowest BCUT2D eigenvalue weighted by molar-refractivity contribution is 0.570. The third-order valence-electron chi connectivity index (χ3n) is 2.67. The van der Waals surface area contributed by atoms with E-state index in [0.29, 0.717) is 0 Å². The molecule has 72 valence electrons. The Morgan fingerprint density at radius 1 is 1.08 bits per heavy atom.